The molecule has 0 aliphatic rings. The molecule has 2 aromatic rings. The molecule has 21 heavy (non-hydrogen) atoms. The lowest BCUT2D eigenvalue weighted by atomic mass is 10.2. The van der Waals surface area contributed by atoms with Gasteiger partial charge in [0, 0.05) is 18.7 Å². The molecule has 0 aliphatic carbocycles. The summed E-state index contributed by atoms with van der Waals surface area (Å²) < 4.78 is 9.04. The second kappa shape index (κ2) is 7.61. The van der Waals surface area contributed by atoms with Gasteiger partial charge in [0.15, 0.2) is 0 Å². The Kier molecular flexibility index (Phi) is 5.82. The van der Waals surface area contributed by atoms with Gasteiger partial charge in [-0.1, -0.05) is 25.1 Å². The van der Waals surface area contributed by atoms with Crippen LogP contribution in [0.1, 0.15) is 30.8 Å². The van der Waals surface area contributed by atoms with E-state index in [2.05, 4.69) is 46.3 Å². The third-order valence-corrected chi connectivity index (χ3v) is 4.39. The molecule has 0 bridgehead atoms. The fourth-order valence-electron chi connectivity index (χ4n) is 2.20. The van der Waals surface area contributed by atoms with E-state index in [9.17, 15) is 0 Å². The highest BCUT2D eigenvalue weighted by Gasteiger charge is 2.13. The van der Waals surface area contributed by atoms with E-state index >= 15 is 0 Å². The van der Waals surface area contributed by atoms with Crippen LogP contribution in [0.4, 0.5) is 0 Å². The number of benzene rings is 1. The van der Waals surface area contributed by atoms with E-state index in [4.69, 9.17) is 4.74 Å². The Morgan fingerprint density at radius 2 is 2.05 bits per heavy atom. The molecule has 114 valence electrons. The number of hydrogen-bond donors (Lipinski definition) is 1. The Hall–Kier alpha value is -1.33. The minimum atomic E-state index is 0.512. The van der Waals surface area contributed by atoms with Crippen molar-refractivity contribution in [3.05, 3.63) is 45.7 Å². The summed E-state index contributed by atoms with van der Waals surface area (Å²) in [4.78, 5) is 0. The maximum atomic E-state index is 6.03. The van der Waals surface area contributed by atoms with Crippen molar-refractivity contribution in [1.82, 2.24) is 15.1 Å². The van der Waals surface area contributed by atoms with Crippen molar-refractivity contribution >= 4 is 15.9 Å². The summed E-state index contributed by atoms with van der Waals surface area (Å²) >= 11 is 3.60. The van der Waals surface area contributed by atoms with Crippen LogP contribution in [-0.2, 0) is 19.7 Å². The number of para-hydroxylation sites is 1. The number of aromatic nitrogens is 2. The summed E-state index contributed by atoms with van der Waals surface area (Å²) in [6.07, 6.45) is 0. The van der Waals surface area contributed by atoms with Gasteiger partial charge in [-0.3, -0.25) is 4.68 Å². The highest BCUT2D eigenvalue weighted by molar-refractivity contribution is 9.10. The summed E-state index contributed by atoms with van der Waals surface area (Å²) in [5.74, 6) is 0.923. The van der Waals surface area contributed by atoms with Crippen molar-refractivity contribution in [2.45, 2.75) is 40.5 Å². The van der Waals surface area contributed by atoms with Crippen LogP contribution in [-0.4, -0.2) is 16.3 Å². The summed E-state index contributed by atoms with van der Waals surface area (Å²) in [6, 6.07) is 8.15. The molecular weight excluding hydrogens is 330 g/mol. The Labute approximate surface area is 134 Å². The summed E-state index contributed by atoms with van der Waals surface area (Å²) in [5, 5.41) is 7.82. The lowest BCUT2D eigenvalue weighted by Crippen LogP contribution is -2.13. The molecule has 0 amide bonds. The minimum absolute atomic E-state index is 0.512. The molecule has 5 heteroatoms. The highest BCUT2D eigenvalue weighted by Crippen LogP contribution is 2.24. The Bertz CT molecular complexity index is 595. The minimum Gasteiger partial charge on any atom is -0.487 e. The number of hydrogen-bond acceptors (Lipinski definition) is 3. The smallest absolute Gasteiger partial charge is 0.131 e. The quantitative estimate of drug-likeness (QED) is 0.827. The number of nitrogens with one attached hydrogen (secondary N) is 1. The molecule has 0 spiro atoms. The molecule has 1 N–H and O–H groups in total. The van der Waals surface area contributed by atoms with Gasteiger partial charge in [-0.2, -0.15) is 5.10 Å². The number of halogens is 1. The lowest BCUT2D eigenvalue weighted by molar-refractivity contribution is 0.288. The van der Waals surface area contributed by atoms with Crippen LogP contribution in [0.25, 0.3) is 0 Å². The van der Waals surface area contributed by atoms with Gasteiger partial charge >= 0.3 is 0 Å². The molecular formula is C16H22BrN3O. The first kappa shape index (κ1) is 16.0. The van der Waals surface area contributed by atoms with Crippen LogP contribution in [0.3, 0.4) is 0 Å². The molecule has 4 nitrogen and oxygen atoms in total. The van der Waals surface area contributed by atoms with E-state index in [1.165, 1.54) is 5.56 Å². The lowest BCUT2D eigenvalue weighted by Gasteiger charge is -2.12. The fraction of sp³-hybridized carbons (Fsp3) is 0.438. The largest absolute Gasteiger partial charge is 0.487 e. The van der Waals surface area contributed by atoms with Crippen LogP contribution < -0.4 is 10.1 Å². The molecule has 0 radical (unpaired) electrons. The molecule has 1 heterocycles. The first-order valence-corrected chi connectivity index (χ1v) is 8.09. The number of aryl methyl sites for hydroxylation is 2. The van der Waals surface area contributed by atoms with Crippen LogP contribution in [0.15, 0.2) is 28.7 Å². The number of ether oxygens (including phenoxy) is 1. The van der Waals surface area contributed by atoms with Gasteiger partial charge in [0.2, 0.25) is 0 Å². The maximum Gasteiger partial charge on any atom is 0.131 e. The third-order valence-electron chi connectivity index (χ3n) is 3.36. The maximum absolute atomic E-state index is 6.03. The van der Waals surface area contributed by atoms with Crippen molar-refractivity contribution in [2.75, 3.05) is 6.54 Å². The normalized spacial score (nSPS) is 10.9. The van der Waals surface area contributed by atoms with E-state index < -0.39 is 0 Å². The molecule has 1 aromatic heterocycles. The van der Waals surface area contributed by atoms with Crippen LogP contribution in [0.2, 0.25) is 0 Å². The topological polar surface area (TPSA) is 39.1 Å². The van der Waals surface area contributed by atoms with Crippen molar-refractivity contribution < 1.29 is 4.74 Å². The average Bonchev–Trinajstić information content (AvgIpc) is 2.78. The van der Waals surface area contributed by atoms with Crippen LogP contribution >= 0.6 is 15.9 Å². The predicted molar refractivity (Wildman–Crippen MR) is 88.5 cm³/mol. The number of nitrogens with zero attached hydrogens (tertiary/aromatic N) is 2. The Morgan fingerprint density at radius 1 is 1.29 bits per heavy atom. The van der Waals surface area contributed by atoms with E-state index in [1.807, 2.05) is 29.8 Å². The predicted octanol–water partition coefficient (Wildman–Crippen LogP) is 3.66. The monoisotopic (exact) mass is 351 g/mol. The van der Waals surface area contributed by atoms with Crippen molar-refractivity contribution in [1.29, 1.82) is 0 Å². The van der Waals surface area contributed by atoms with Crippen molar-refractivity contribution in [3.8, 4) is 5.75 Å². The molecule has 0 aliphatic heterocycles. The van der Waals surface area contributed by atoms with E-state index in [1.54, 1.807) is 0 Å². The molecule has 1 aromatic carbocycles. The molecule has 0 saturated carbocycles. The summed E-state index contributed by atoms with van der Waals surface area (Å²) in [5.41, 5.74) is 3.25. The zero-order valence-corrected chi connectivity index (χ0v) is 14.4. The second-order valence-corrected chi connectivity index (χ2v) is 5.63. The summed E-state index contributed by atoms with van der Waals surface area (Å²) in [6.45, 7) is 9.30. The Morgan fingerprint density at radius 3 is 2.76 bits per heavy atom. The van der Waals surface area contributed by atoms with Crippen molar-refractivity contribution in [3.63, 3.8) is 0 Å². The van der Waals surface area contributed by atoms with Gasteiger partial charge in [-0.05, 0) is 42.4 Å². The third kappa shape index (κ3) is 3.86. The van der Waals surface area contributed by atoms with E-state index in [0.717, 1.165) is 41.2 Å². The molecule has 0 fully saturated rings. The summed E-state index contributed by atoms with van der Waals surface area (Å²) in [7, 11) is 0. The van der Waals surface area contributed by atoms with Crippen LogP contribution in [0, 0.1) is 6.92 Å². The molecule has 0 unspecified atom stereocenters. The highest BCUT2D eigenvalue weighted by atomic mass is 79.9. The molecule has 0 saturated heterocycles. The fourth-order valence-corrected chi connectivity index (χ4v) is 2.60. The van der Waals surface area contributed by atoms with Gasteiger partial charge < -0.3 is 10.1 Å². The standard InChI is InChI=1S/C16H22BrN3O/c1-4-18-10-13-8-6-7-9-15(13)21-11-14-16(17)12(3)19-20(14)5-2/h6-9,18H,4-5,10-11H2,1-3H3. The van der Waals surface area contributed by atoms with Gasteiger partial charge in [0.1, 0.15) is 12.4 Å². The van der Waals surface area contributed by atoms with Crippen LogP contribution in [0.5, 0.6) is 5.75 Å². The average molecular weight is 352 g/mol. The van der Waals surface area contributed by atoms with Gasteiger partial charge in [-0.25, -0.2) is 0 Å². The molecule has 2 rings (SSSR count). The first-order chi connectivity index (χ1) is 10.2. The first-order valence-electron chi connectivity index (χ1n) is 7.30. The zero-order valence-electron chi connectivity index (χ0n) is 12.8. The van der Waals surface area contributed by atoms with Gasteiger partial charge in [0.25, 0.3) is 0 Å². The van der Waals surface area contributed by atoms with E-state index in [0.29, 0.717) is 6.61 Å². The number of rotatable bonds is 7. The SMILES string of the molecule is CCNCc1ccccc1OCc1c(Br)c(C)nn1CC. The van der Waals surface area contributed by atoms with Gasteiger partial charge in [0.05, 0.1) is 15.9 Å². The van der Waals surface area contributed by atoms with Crippen molar-refractivity contribution in [2.24, 2.45) is 0 Å². The van der Waals surface area contributed by atoms with E-state index in [-0.39, 0.29) is 0 Å². The zero-order chi connectivity index (χ0) is 15.2. The second-order valence-electron chi connectivity index (χ2n) is 4.84. The Balaban J connectivity index is 2.13. The molecule has 0 atom stereocenters. The van der Waals surface area contributed by atoms with Gasteiger partial charge in [-0.15, -0.1) is 0 Å².